The number of halogens is 1. The van der Waals surface area contributed by atoms with Gasteiger partial charge in [-0.25, -0.2) is 4.79 Å². The van der Waals surface area contributed by atoms with E-state index in [4.69, 9.17) is 16.7 Å². The summed E-state index contributed by atoms with van der Waals surface area (Å²) in [5.41, 5.74) is 0.615. The number of phenols is 1. The molecule has 0 spiro atoms. The molecule has 0 aliphatic heterocycles. The van der Waals surface area contributed by atoms with Gasteiger partial charge in [-0.2, -0.15) is 0 Å². The molecule has 2 N–H and O–H groups in total. The summed E-state index contributed by atoms with van der Waals surface area (Å²) < 4.78 is 0. The van der Waals surface area contributed by atoms with Crippen LogP contribution in [0.15, 0.2) is 12.1 Å². The molecule has 1 aromatic rings. The molecule has 4 heteroatoms. The van der Waals surface area contributed by atoms with Gasteiger partial charge < -0.3 is 10.2 Å². The monoisotopic (exact) mass is 284 g/mol. The van der Waals surface area contributed by atoms with Crippen LogP contribution in [0.1, 0.15) is 55.5 Å². The number of carboxylic acids is 1. The van der Waals surface area contributed by atoms with E-state index in [2.05, 4.69) is 13.8 Å². The van der Waals surface area contributed by atoms with E-state index >= 15 is 0 Å². The van der Waals surface area contributed by atoms with Gasteiger partial charge in [-0.05, 0) is 24.5 Å². The van der Waals surface area contributed by atoms with E-state index < -0.39 is 5.97 Å². The van der Waals surface area contributed by atoms with Crippen LogP contribution >= 0.6 is 11.6 Å². The summed E-state index contributed by atoms with van der Waals surface area (Å²) in [5.74, 6) is -0.551. The predicted octanol–water partition coefficient (Wildman–Crippen LogP) is 4.50. The van der Waals surface area contributed by atoms with Crippen molar-refractivity contribution < 1.29 is 15.0 Å². The molecule has 0 radical (unpaired) electrons. The summed E-state index contributed by atoms with van der Waals surface area (Å²) in [5, 5.41) is 19.1. The lowest BCUT2D eigenvalue weighted by molar-refractivity contribution is 0.0697. The fraction of sp³-hybridized carbons (Fsp3) is 0.533. The lowest BCUT2D eigenvalue weighted by Crippen LogP contribution is -2.07. The fourth-order valence-corrected chi connectivity index (χ4v) is 2.52. The van der Waals surface area contributed by atoms with Gasteiger partial charge in [0.25, 0.3) is 0 Å². The van der Waals surface area contributed by atoms with Crippen molar-refractivity contribution in [2.75, 3.05) is 0 Å². The average Bonchev–Trinajstić information content (AvgIpc) is 2.37. The third-order valence-electron chi connectivity index (χ3n) is 3.48. The van der Waals surface area contributed by atoms with Crippen LogP contribution in [0.3, 0.4) is 0 Å². The summed E-state index contributed by atoms with van der Waals surface area (Å²) >= 11 is 6.10. The van der Waals surface area contributed by atoms with Crippen LogP contribution in [0.4, 0.5) is 0 Å². The molecule has 0 amide bonds. The number of benzene rings is 1. The standard InChI is InChI=1S/C15H21ClO3/c1-3-5-6-10(4-2)9-12-13(17)8-7-11(14(12)16)15(18)19/h7-8,10,17H,3-6,9H2,1-2H3,(H,18,19). The van der Waals surface area contributed by atoms with Gasteiger partial charge in [0, 0.05) is 5.56 Å². The average molecular weight is 285 g/mol. The first kappa shape index (κ1) is 15.8. The van der Waals surface area contributed by atoms with Crippen LogP contribution in [-0.4, -0.2) is 16.2 Å². The van der Waals surface area contributed by atoms with Crippen molar-refractivity contribution in [3.63, 3.8) is 0 Å². The normalized spacial score (nSPS) is 12.4. The molecule has 1 rings (SSSR count). The topological polar surface area (TPSA) is 57.5 Å². The number of phenolic OH excluding ortho intramolecular Hbond substituents is 1. The number of aromatic hydroxyl groups is 1. The number of unbranched alkanes of at least 4 members (excludes halogenated alkanes) is 1. The summed E-state index contributed by atoms with van der Waals surface area (Å²) in [6, 6.07) is 2.76. The molecule has 19 heavy (non-hydrogen) atoms. The van der Waals surface area contributed by atoms with Crippen LogP contribution in [-0.2, 0) is 6.42 Å². The van der Waals surface area contributed by atoms with Gasteiger partial charge in [0.2, 0.25) is 0 Å². The van der Waals surface area contributed by atoms with Crippen molar-refractivity contribution in [1.82, 2.24) is 0 Å². The van der Waals surface area contributed by atoms with E-state index in [9.17, 15) is 9.90 Å². The fourth-order valence-electron chi connectivity index (χ4n) is 2.20. The number of rotatable bonds is 7. The maximum Gasteiger partial charge on any atom is 0.337 e. The van der Waals surface area contributed by atoms with Crippen LogP contribution in [0, 0.1) is 5.92 Å². The summed E-state index contributed by atoms with van der Waals surface area (Å²) in [6.45, 7) is 4.24. The third-order valence-corrected chi connectivity index (χ3v) is 3.92. The Balaban J connectivity index is 2.98. The van der Waals surface area contributed by atoms with Crippen molar-refractivity contribution in [3.8, 4) is 5.75 Å². The molecule has 0 aliphatic rings. The van der Waals surface area contributed by atoms with Gasteiger partial charge in [-0.15, -0.1) is 0 Å². The number of hydrogen-bond acceptors (Lipinski definition) is 2. The van der Waals surface area contributed by atoms with Gasteiger partial charge in [0.15, 0.2) is 0 Å². The molecule has 0 heterocycles. The SMILES string of the molecule is CCCCC(CC)Cc1c(O)ccc(C(=O)O)c1Cl. The molecule has 3 nitrogen and oxygen atoms in total. The maximum absolute atomic E-state index is 11.0. The number of aromatic carboxylic acids is 1. The number of carboxylic acid groups (broad SMARTS) is 1. The first-order chi connectivity index (χ1) is 9.01. The molecule has 0 fully saturated rings. The Labute approximate surface area is 119 Å². The quantitative estimate of drug-likeness (QED) is 0.775. The molecule has 0 aromatic heterocycles. The maximum atomic E-state index is 11.0. The Morgan fingerprint density at radius 2 is 2.05 bits per heavy atom. The zero-order chi connectivity index (χ0) is 14.4. The minimum atomic E-state index is -1.06. The van der Waals surface area contributed by atoms with Gasteiger partial charge in [-0.3, -0.25) is 0 Å². The largest absolute Gasteiger partial charge is 0.508 e. The highest BCUT2D eigenvalue weighted by Crippen LogP contribution is 2.33. The Morgan fingerprint density at radius 1 is 1.37 bits per heavy atom. The molecule has 0 aliphatic carbocycles. The molecule has 1 atom stereocenters. The molecule has 106 valence electrons. The number of hydrogen-bond donors (Lipinski definition) is 2. The Bertz CT molecular complexity index is 443. The van der Waals surface area contributed by atoms with E-state index in [1.807, 2.05) is 0 Å². The van der Waals surface area contributed by atoms with E-state index in [1.165, 1.54) is 12.1 Å². The molecular weight excluding hydrogens is 264 g/mol. The lowest BCUT2D eigenvalue weighted by atomic mass is 9.91. The Kier molecular flexibility index (Phi) is 6.16. The van der Waals surface area contributed by atoms with Crippen molar-refractivity contribution in [3.05, 3.63) is 28.3 Å². The predicted molar refractivity (Wildman–Crippen MR) is 77.1 cm³/mol. The van der Waals surface area contributed by atoms with Crippen LogP contribution in [0.5, 0.6) is 5.75 Å². The second-order valence-corrected chi connectivity index (χ2v) is 5.23. The highest BCUT2D eigenvalue weighted by atomic mass is 35.5. The highest BCUT2D eigenvalue weighted by Gasteiger charge is 2.18. The van der Waals surface area contributed by atoms with Crippen molar-refractivity contribution in [2.24, 2.45) is 5.92 Å². The molecule has 1 aromatic carbocycles. The summed E-state index contributed by atoms with van der Waals surface area (Å²) in [7, 11) is 0. The minimum Gasteiger partial charge on any atom is -0.508 e. The summed E-state index contributed by atoms with van der Waals surface area (Å²) in [4.78, 5) is 11.0. The second-order valence-electron chi connectivity index (χ2n) is 4.85. The van der Waals surface area contributed by atoms with Crippen LogP contribution in [0.2, 0.25) is 5.02 Å². The Hall–Kier alpha value is -1.22. The van der Waals surface area contributed by atoms with Gasteiger partial charge in [0.05, 0.1) is 10.6 Å². The molecule has 0 bridgehead atoms. The first-order valence-electron chi connectivity index (χ1n) is 6.74. The van der Waals surface area contributed by atoms with E-state index in [1.54, 1.807) is 0 Å². The van der Waals surface area contributed by atoms with E-state index in [0.29, 0.717) is 17.9 Å². The van der Waals surface area contributed by atoms with Gasteiger partial charge in [-0.1, -0.05) is 51.1 Å². The molecule has 0 saturated heterocycles. The zero-order valence-corrected chi connectivity index (χ0v) is 12.2. The van der Waals surface area contributed by atoms with Crippen molar-refractivity contribution in [2.45, 2.75) is 46.0 Å². The lowest BCUT2D eigenvalue weighted by Gasteiger charge is -2.17. The first-order valence-corrected chi connectivity index (χ1v) is 7.12. The van der Waals surface area contributed by atoms with Gasteiger partial charge >= 0.3 is 5.97 Å². The zero-order valence-electron chi connectivity index (χ0n) is 11.4. The highest BCUT2D eigenvalue weighted by molar-refractivity contribution is 6.34. The van der Waals surface area contributed by atoms with Crippen LogP contribution < -0.4 is 0 Å². The van der Waals surface area contributed by atoms with E-state index in [-0.39, 0.29) is 16.3 Å². The van der Waals surface area contributed by atoms with Crippen LogP contribution in [0.25, 0.3) is 0 Å². The van der Waals surface area contributed by atoms with E-state index in [0.717, 1.165) is 25.7 Å². The smallest absolute Gasteiger partial charge is 0.337 e. The third kappa shape index (κ3) is 4.13. The van der Waals surface area contributed by atoms with Crippen molar-refractivity contribution in [1.29, 1.82) is 0 Å². The molecular formula is C15H21ClO3. The van der Waals surface area contributed by atoms with Crippen molar-refractivity contribution >= 4 is 17.6 Å². The minimum absolute atomic E-state index is 0.0554. The summed E-state index contributed by atoms with van der Waals surface area (Å²) in [6.07, 6.45) is 4.95. The molecule has 0 saturated carbocycles. The second kappa shape index (κ2) is 7.39. The Morgan fingerprint density at radius 3 is 2.58 bits per heavy atom. The number of carbonyl (C=O) groups is 1. The molecule has 1 unspecified atom stereocenters. The van der Waals surface area contributed by atoms with Gasteiger partial charge in [0.1, 0.15) is 5.75 Å².